The van der Waals surface area contributed by atoms with Gasteiger partial charge in [-0.05, 0) is 6.42 Å². The number of aliphatic hydroxyl groups is 2. The normalized spacial score (nSPS) is 9.89. The maximum atomic E-state index is 9.79. The third kappa shape index (κ3) is 22.4. The molecule has 0 saturated carbocycles. The third-order valence-corrected chi connectivity index (χ3v) is 1.51. The topological polar surface area (TPSA) is 137 Å². The van der Waals surface area contributed by atoms with Gasteiger partial charge in [-0.2, -0.15) is 0 Å². The van der Waals surface area contributed by atoms with Crippen LogP contribution in [0.5, 0.6) is 0 Å². The van der Waals surface area contributed by atoms with E-state index in [9.17, 15) is 9.59 Å². The molecule has 0 aliphatic heterocycles. The zero-order valence-electron chi connectivity index (χ0n) is 10.8. The van der Waals surface area contributed by atoms with Crippen LogP contribution in [0.15, 0.2) is 0 Å². The van der Waals surface area contributed by atoms with Gasteiger partial charge in [0.1, 0.15) is 0 Å². The first-order chi connectivity index (χ1) is 8.93. The van der Waals surface area contributed by atoms with Crippen LogP contribution in [0.1, 0.15) is 19.3 Å². The smallest absolute Gasteiger partial charge is 0.303 e. The Morgan fingerprint density at radius 1 is 0.947 bits per heavy atom. The Bertz CT molecular complexity index is 214. The van der Waals surface area contributed by atoms with Gasteiger partial charge in [0.25, 0.3) is 0 Å². The van der Waals surface area contributed by atoms with Crippen molar-refractivity contribution in [2.75, 3.05) is 33.5 Å². The summed E-state index contributed by atoms with van der Waals surface area (Å²) in [4.78, 5) is 29.1. The molecule has 0 atom stereocenters. The second-order valence-electron chi connectivity index (χ2n) is 3.19. The molecule has 0 aliphatic rings. The molecular formula is C10H21NO8. The first kappa shape index (κ1) is 20.1. The molecule has 9 heteroatoms. The van der Waals surface area contributed by atoms with E-state index >= 15 is 0 Å². The van der Waals surface area contributed by atoms with Crippen molar-refractivity contribution < 1.29 is 39.7 Å². The number of carboxylic acids is 2. The zero-order valence-corrected chi connectivity index (χ0v) is 10.8. The molecule has 0 spiro atoms. The highest BCUT2D eigenvalue weighted by Crippen LogP contribution is 1.93. The van der Waals surface area contributed by atoms with Gasteiger partial charge in [-0.1, -0.05) is 5.23 Å². The highest BCUT2D eigenvalue weighted by Gasteiger charge is 1.99. The van der Waals surface area contributed by atoms with E-state index in [1.54, 1.807) is 7.05 Å². The number of aliphatic hydroxyl groups excluding tert-OH is 2. The largest absolute Gasteiger partial charge is 0.481 e. The molecule has 0 rings (SSSR count). The van der Waals surface area contributed by atoms with Gasteiger partial charge in [0.05, 0.1) is 26.4 Å². The summed E-state index contributed by atoms with van der Waals surface area (Å²) < 4.78 is 0. The van der Waals surface area contributed by atoms with Gasteiger partial charge < -0.3 is 20.4 Å². The quantitative estimate of drug-likeness (QED) is 0.375. The minimum absolute atomic E-state index is 0.0488. The zero-order chi connectivity index (χ0) is 15.1. The predicted octanol–water partition coefficient (Wildman–Crippen LogP) is -0.908. The van der Waals surface area contributed by atoms with Crippen LogP contribution in [0.3, 0.4) is 0 Å². The number of rotatable bonds is 10. The summed E-state index contributed by atoms with van der Waals surface area (Å²) >= 11 is 0. The molecular weight excluding hydrogens is 262 g/mol. The third-order valence-electron chi connectivity index (χ3n) is 1.51. The summed E-state index contributed by atoms with van der Waals surface area (Å²) in [6, 6.07) is 0. The van der Waals surface area contributed by atoms with Crippen LogP contribution in [-0.4, -0.2) is 71.1 Å². The molecule has 19 heavy (non-hydrogen) atoms. The molecule has 0 aliphatic carbocycles. The molecule has 0 aromatic carbocycles. The van der Waals surface area contributed by atoms with Gasteiger partial charge in [0.15, 0.2) is 0 Å². The summed E-state index contributed by atoms with van der Waals surface area (Å²) in [6.45, 7) is 0.295. The van der Waals surface area contributed by atoms with Gasteiger partial charge in [-0.25, -0.2) is 0 Å². The fourth-order valence-corrected chi connectivity index (χ4v) is 0.767. The Morgan fingerprint density at radius 3 is 1.58 bits per heavy atom. The lowest BCUT2D eigenvalue weighted by Crippen LogP contribution is -2.22. The number of nitrogens with zero attached hydrogens (tertiary/aromatic N) is 1. The molecule has 4 N–H and O–H groups in total. The Morgan fingerprint density at radius 2 is 1.32 bits per heavy atom. The van der Waals surface area contributed by atoms with E-state index in [-0.39, 0.29) is 45.7 Å². The van der Waals surface area contributed by atoms with Crippen molar-refractivity contribution >= 4 is 11.9 Å². The lowest BCUT2D eigenvalue weighted by molar-refractivity contribution is -0.356. The van der Waals surface area contributed by atoms with Gasteiger partial charge in [-0.15, -0.1) is 0 Å². The predicted molar refractivity (Wildman–Crippen MR) is 63.0 cm³/mol. The first-order valence-electron chi connectivity index (χ1n) is 5.58. The van der Waals surface area contributed by atoms with Crippen LogP contribution in [-0.2, 0) is 19.3 Å². The molecule has 0 aromatic heterocycles. The number of carbonyl (C=O) groups is 2. The number of hydroxylamine groups is 2. The van der Waals surface area contributed by atoms with Gasteiger partial charge in [0, 0.05) is 19.9 Å². The minimum Gasteiger partial charge on any atom is -0.481 e. The molecule has 0 aromatic rings. The van der Waals surface area contributed by atoms with Crippen molar-refractivity contribution in [2.45, 2.75) is 19.3 Å². The van der Waals surface area contributed by atoms with Gasteiger partial charge in [-0.3, -0.25) is 19.3 Å². The van der Waals surface area contributed by atoms with E-state index in [4.69, 9.17) is 30.1 Å². The van der Waals surface area contributed by atoms with Crippen molar-refractivity contribution in [3.05, 3.63) is 0 Å². The second kappa shape index (κ2) is 14.8. The van der Waals surface area contributed by atoms with Crippen molar-refractivity contribution in [1.82, 2.24) is 5.23 Å². The van der Waals surface area contributed by atoms with E-state index in [2.05, 4.69) is 0 Å². The summed E-state index contributed by atoms with van der Waals surface area (Å²) in [6.07, 6.45) is 0.0866. The molecule has 0 fully saturated rings. The van der Waals surface area contributed by atoms with Crippen molar-refractivity contribution in [1.29, 1.82) is 0 Å². The maximum Gasteiger partial charge on any atom is 0.303 e. The fourth-order valence-electron chi connectivity index (χ4n) is 0.767. The molecule has 0 amide bonds. The van der Waals surface area contributed by atoms with E-state index < -0.39 is 11.9 Å². The second-order valence-corrected chi connectivity index (χ2v) is 3.19. The summed E-state index contributed by atoms with van der Waals surface area (Å²) in [7, 11) is 1.55. The molecule has 0 bridgehead atoms. The SMILES string of the molecule is CN(OCCO)OCCO.O=C(O)CCCC(=O)O. The molecule has 0 unspecified atom stereocenters. The summed E-state index contributed by atoms with van der Waals surface area (Å²) in [5, 5.41) is 33.7. The van der Waals surface area contributed by atoms with E-state index in [1.165, 1.54) is 0 Å². The van der Waals surface area contributed by atoms with Crippen LogP contribution in [0, 0.1) is 0 Å². The number of carboxylic acid groups (broad SMARTS) is 2. The Balaban J connectivity index is 0. The number of hydrogen-bond acceptors (Lipinski definition) is 7. The summed E-state index contributed by atoms with van der Waals surface area (Å²) in [5.74, 6) is -1.90. The molecule has 114 valence electrons. The van der Waals surface area contributed by atoms with E-state index in [1.807, 2.05) is 0 Å². The molecule has 9 nitrogen and oxygen atoms in total. The highest BCUT2D eigenvalue weighted by atomic mass is 16.9. The van der Waals surface area contributed by atoms with Crippen LogP contribution in [0.25, 0.3) is 0 Å². The maximum absolute atomic E-state index is 9.79. The molecule has 0 saturated heterocycles. The van der Waals surface area contributed by atoms with Crippen molar-refractivity contribution in [2.24, 2.45) is 0 Å². The Labute approximate surface area is 110 Å². The summed E-state index contributed by atoms with van der Waals surface area (Å²) in [5.41, 5.74) is 0. The standard InChI is InChI=1S/C5H13NO4.C5H8O4/c1-6(9-4-2-7)10-5-3-8;6-4(7)2-1-3-5(8)9/h7-8H,2-5H2,1H3;1-3H2,(H,6,7)(H,8,9). The van der Waals surface area contributed by atoms with Gasteiger partial charge in [0.2, 0.25) is 0 Å². The number of hydrogen-bond donors (Lipinski definition) is 4. The average Bonchev–Trinajstić information content (AvgIpc) is 2.33. The molecule has 0 heterocycles. The number of aliphatic carboxylic acids is 2. The van der Waals surface area contributed by atoms with Gasteiger partial charge >= 0.3 is 11.9 Å². The average molecular weight is 283 g/mol. The lowest BCUT2D eigenvalue weighted by Gasteiger charge is -2.13. The van der Waals surface area contributed by atoms with E-state index in [0.29, 0.717) is 0 Å². The Kier molecular flexibility index (Phi) is 15.6. The van der Waals surface area contributed by atoms with Crippen molar-refractivity contribution in [3.8, 4) is 0 Å². The fraction of sp³-hybridized carbons (Fsp3) is 0.800. The van der Waals surface area contributed by atoms with Crippen LogP contribution in [0.2, 0.25) is 0 Å². The Hall–Kier alpha value is -1.26. The van der Waals surface area contributed by atoms with Crippen LogP contribution in [0.4, 0.5) is 0 Å². The lowest BCUT2D eigenvalue weighted by atomic mass is 10.2. The molecule has 0 radical (unpaired) electrons. The van der Waals surface area contributed by atoms with Crippen LogP contribution < -0.4 is 0 Å². The van der Waals surface area contributed by atoms with Crippen molar-refractivity contribution in [3.63, 3.8) is 0 Å². The minimum atomic E-state index is -0.948. The monoisotopic (exact) mass is 283 g/mol. The highest BCUT2D eigenvalue weighted by molar-refractivity contribution is 5.69. The first-order valence-corrected chi connectivity index (χ1v) is 5.58. The van der Waals surface area contributed by atoms with E-state index in [0.717, 1.165) is 5.23 Å². The van der Waals surface area contributed by atoms with Crippen LogP contribution >= 0.6 is 0 Å².